The fraction of sp³-hybridized carbons (Fsp3) is 0.333. The van der Waals surface area contributed by atoms with E-state index >= 15 is 0 Å². The van der Waals surface area contributed by atoms with Gasteiger partial charge in [0, 0.05) is 13.0 Å². The Morgan fingerprint density at radius 1 is 1.29 bits per heavy atom. The maximum absolute atomic E-state index is 11.4. The minimum atomic E-state index is -1.08. The Morgan fingerprint density at radius 2 is 1.94 bits per heavy atom. The van der Waals surface area contributed by atoms with E-state index in [0.717, 1.165) is 5.56 Å². The number of carboxylic acid groups (broad SMARTS) is 1. The summed E-state index contributed by atoms with van der Waals surface area (Å²) in [6, 6.07) is 8.52. The minimum Gasteiger partial charge on any atom is -0.480 e. The standard InChI is InChI=1S/C12H16N2O3/c13-10(12(16)17)6-7-11(15)14-8-9-4-2-1-3-5-9/h1-5,10H,6-8,13H2,(H,14,15)(H,16,17)/t10-/m1/s1. The third-order valence-electron chi connectivity index (χ3n) is 2.33. The van der Waals surface area contributed by atoms with Crippen LogP contribution in [0.4, 0.5) is 0 Å². The van der Waals surface area contributed by atoms with Gasteiger partial charge in [0.1, 0.15) is 6.04 Å². The third-order valence-corrected chi connectivity index (χ3v) is 2.33. The first-order valence-corrected chi connectivity index (χ1v) is 5.38. The van der Waals surface area contributed by atoms with Crippen molar-refractivity contribution in [2.45, 2.75) is 25.4 Å². The molecule has 1 aromatic carbocycles. The van der Waals surface area contributed by atoms with Crippen LogP contribution >= 0.6 is 0 Å². The molecular weight excluding hydrogens is 220 g/mol. The normalized spacial score (nSPS) is 11.8. The Kier molecular flexibility index (Phi) is 5.16. The quantitative estimate of drug-likeness (QED) is 0.670. The van der Waals surface area contributed by atoms with Gasteiger partial charge in [-0.1, -0.05) is 30.3 Å². The van der Waals surface area contributed by atoms with E-state index in [0.29, 0.717) is 6.54 Å². The number of carbonyl (C=O) groups is 2. The second-order valence-electron chi connectivity index (χ2n) is 3.75. The molecule has 1 atom stereocenters. The number of hydrogen-bond acceptors (Lipinski definition) is 3. The zero-order valence-electron chi connectivity index (χ0n) is 9.43. The average molecular weight is 236 g/mol. The number of hydrogen-bond donors (Lipinski definition) is 3. The molecule has 0 heterocycles. The van der Waals surface area contributed by atoms with Gasteiger partial charge in [0.05, 0.1) is 0 Å². The lowest BCUT2D eigenvalue weighted by Crippen LogP contribution is -2.32. The number of carboxylic acids is 1. The minimum absolute atomic E-state index is 0.125. The maximum atomic E-state index is 11.4. The summed E-state index contributed by atoms with van der Waals surface area (Å²) >= 11 is 0. The highest BCUT2D eigenvalue weighted by Gasteiger charge is 2.13. The Morgan fingerprint density at radius 3 is 2.53 bits per heavy atom. The molecule has 0 radical (unpaired) electrons. The second kappa shape index (κ2) is 6.65. The van der Waals surface area contributed by atoms with Gasteiger partial charge in [-0.2, -0.15) is 0 Å². The van der Waals surface area contributed by atoms with E-state index in [9.17, 15) is 9.59 Å². The van der Waals surface area contributed by atoms with Gasteiger partial charge in [0.2, 0.25) is 5.91 Å². The molecule has 5 nitrogen and oxygen atoms in total. The summed E-state index contributed by atoms with van der Waals surface area (Å²) in [7, 11) is 0. The summed E-state index contributed by atoms with van der Waals surface area (Å²) in [5, 5.41) is 11.3. The molecule has 0 fully saturated rings. The molecule has 92 valence electrons. The average Bonchev–Trinajstić information content (AvgIpc) is 2.34. The molecule has 1 rings (SSSR count). The molecule has 0 spiro atoms. The number of aliphatic carboxylic acids is 1. The predicted octanol–water partition coefficient (Wildman–Crippen LogP) is 0.495. The second-order valence-corrected chi connectivity index (χ2v) is 3.75. The van der Waals surface area contributed by atoms with Gasteiger partial charge in [-0.3, -0.25) is 9.59 Å². The van der Waals surface area contributed by atoms with Crippen LogP contribution in [0.1, 0.15) is 18.4 Å². The molecule has 0 aliphatic carbocycles. The molecule has 17 heavy (non-hydrogen) atoms. The van der Waals surface area contributed by atoms with E-state index in [4.69, 9.17) is 10.8 Å². The first kappa shape index (κ1) is 13.2. The van der Waals surface area contributed by atoms with E-state index in [1.165, 1.54) is 0 Å². The van der Waals surface area contributed by atoms with Crippen molar-refractivity contribution in [2.24, 2.45) is 5.73 Å². The van der Waals surface area contributed by atoms with Crippen LogP contribution in [0.15, 0.2) is 30.3 Å². The van der Waals surface area contributed by atoms with E-state index in [2.05, 4.69) is 5.32 Å². The monoisotopic (exact) mass is 236 g/mol. The SMILES string of the molecule is N[C@H](CCC(=O)NCc1ccccc1)C(=O)O. The van der Waals surface area contributed by atoms with Gasteiger partial charge in [0.15, 0.2) is 0 Å². The molecular formula is C12H16N2O3. The summed E-state index contributed by atoms with van der Waals surface area (Å²) in [6.45, 7) is 0.446. The zero-order valence-corrected chi connectivity index (χ0v) is 9.43. The lowest BCUT2D eigenvalue weighted by molar-refractivity contribution is -0.138. The van der Waals surface area contributed by atoms with Crippen LogP contribution in [0.5, 0.6) is 0 Å². The number of nitrogens with one attached hydrogen (secondary N) is 1. The van der Waals surface area contributed by atoms with E-state index in [-0.39, 0.29) is 18.7 Å². The number of carbonyl (C=O) groups excluding carboxylic acids is 1. The smallest absolute Gasteiger partial charge is 0.320 e. The maximum Gasteiger partial charge on any atom is 0.320 e. The molecule has 0 saturated heterocycles. The van der Waals surface area contributed by atoms with Crippen LogP contribution in [0, 0.1) is 0 Å². The van der Waals surface area contributed by atoms with Crippen molar-refractivity contribution in [1.82, 2.24) is 5.32 Å². The molecule has 4 N–H and O–H groups in total. The molecule has 0 aromatic heterocycles. The molecule has 0 aliphatic rings. The number of nitrogens with two attached hydrogens (primary N) is 1. The van der Waals surface area contributed by atoms with Gasteiger partial charge in [0.25, 0.3) is 0 Å². The first-order valence-electron chi connectivity index (χ1n) is 5.38. The van der Waals surface area contributed by atoms with Crippen LogP contribution in [0.2, 0.25) is 0 Å². The largest absolute Gasteiger partial charge is 0.480 e. The number of rotatable bonds is 6. The Hall–Kier alpha value is -1.88. The fourth-order valence-electron chi connectivity index (χ4n) is 1.29. The van der Waals surface area contributed by atoms with Crippen LogP contribution in [-0.2, 0) is 16.1 Å². The van der Waals surface area contributed by atoms with Crippen molar-refractivity contribution in [1.29, 1.82) is 0 Å². The highest BCUT2D eigenvalue weighted by molar-refractivity contribution is 5.78. The van der Waals surface area contributed by atoms with E-state index < -0.39 is 12.0 Å². The topological polar surface area (TPSA) is 92.4 Å². The van der Waals surface area contributed by atoms with Crippen LogP contribution in [0.3, 0.4) is 0 Å². The predicted molar refractivity (Wildman–Crippen MR) is 63.1 cm³/mol. The first-order chi connectivity index (χ1) is 8.09. The lowest BCUT2D eigenvalue weighted by Gasteiger charge is -2.07. The Labute approximate surface area is 99.6 Å². The third kappa shape index (κ3) is 5.12. The summed E-state index contributed by atoms with van der Waals surface area (Å²) in [5.74, 6) is -1.27. The number of amides is 1. The Balaban J connectivity index is 2.24. The van der Waals surface area contributed by atoms with Gasteiger partial charge in [-0.15, -0.1) is 0 Å². The van der Waals surface area contributed by atoms with Crippen LogP contribution < -0.4 is 11.1 Å². The van der Waals surface area contributed by atoms with Crippen molar-refractivity contribution in [3.05, 3.63) is 35.9 Å². The summed E-state index contributed by atoms with van der Waals surface area (Å²) in [5.41, 5.74) is 6.30. The molecule has 1 amide bonds. The van der Waals surface area contributed by atoms with Gasteiger partial charge >= 0.3 is 5.97 Å². The summed E-state index contributed by atoms with van der Waals surface area (Å²) in [6.07, 6.45) is 0.274. The molecule has 5 heteroatoms. The summed E-state index contributed by atoms with van der Waals surface area (Å²) < 4.78 is 0. The van der Waals surface area contributed by atoms with Crippen molar-refractivity contribution in [3.8, 4) is 0 Å². The van der Waals surface area contributed by atoms with E-state index in [1.807, 2.05) is 30.3 Å². The molecule has 0 saturated carbocycles. The number of benzene rings is 1. The van der Waals surface area contributed by atoms with Crippen molar-refractivity contribution >= 4 is 11.9 Å². The van der Waals surface area contributed by atoms with Gasteiger partial charge in [-0.25, -0.2) is 0 Å². The van der Waals surface area contributed by atoms with Crippen LogP contribution in [-0.4, -0.2) is 23.0 Å². The molecule has 0 bridgehead atoms. The molecule has 0 aliphatic heterocycles. The Bertz CT molecular complexity index is 379. The highest BCUT2D eigenvalue weighted by Crippen LogP contribution is 1.99. The van der Waals surface area contributed by atoms with Crippen molar-refractivity contribution < 1.29 is 14.7 Å². The van der Waals surface area contributed by atoms with Gasteiger partial charge < -0.3 is 16.2 Å². The molecule has 0 unspecified atom stereocenters. The van der Waals surface area contributed by atoms with Crippen molar-refractivity contribution in [3.63, 3.8) is 0 Å². The van der Waals surface area contributed by atoms with E-state index in [1.54, 1.807) is 0 Å². The van der Waals surface area contributed by atoms with Crippen LogP contribution in [0.25, 0.3) is 0 Å². The lowest BCUT2D eigenvalue weighted by atomic mass is 10.1. The highest BCUT2D eigenvalue weighted by atomic mass is 16.4. The zero-order chi connectivity index (χ0) is 12.7. The van der Waals surface area contributed by atoms with Gasteiger partial charge in [-0.05, 0) is 12.0 Å². The van der Waals surface area contributed by atoms with Crippen molar-refractivity contribution in [2.75, 3.05) is 0 Å². The fourth-order valence-corrected chi connectivity index (χ4v) is 1.29. The summed E-state index contributed by atoms with van der Waals surface area (Å²) in [4.78, 5) is 21.8. The molecule has 1 aromatic rings.